The van der Waals surface area contributed by atoms with Crippen LogP contribution in [0, 0.1) is 19.7 Å². The lowest BCUT2D eigenvalue weighted by atomic mass is 10.2. The van der Waals surface area contributed by atoms with Crippen molar-refractivity contribution in [3.05, 3.63) is 52.4 Å². The highest BCUT2D eigenvalue weighted by Crippen LogP contribution is 2.28. The van der Waals surface area contributed by atoms with Gasteiger partial charge in [-0.25, -0.2) is 14.2 Å². The lowest BCUT2D eigenvalue weighted by Crippen LogP contribution is -2.05. The van der Waals surface area contributed by atoms with Crippen LogP contribution in [0.15, 0.2) is 28.7 Å². The molecule has 0 bridgehead atoms. The summed E-state index contributed by atoms with van der Waals surface area (Å²) in [6.07, 6.45) is 0. The molecular formula is C15H12FN3O3S. The molecule has 0 atom stereocenters. The highest BCUT2D eigenvalue weighted by Gasteiger charge is 2.18. The van der Waals surface area contributed by atoms with Crippen LogP contribution in [0.4, 0.5) is 4.39 Å². The predicted octanol–water partition coefficient (Wildman–Crippen LogP) is 3.31. The van der Waals surface area contributed by atoms with Gasteiger partial charge in [-0.3, -0.25) is 0 Å². The smallest absolute Gasteiger partial charge is 0.350 e. The molecule has 23 heavy (non-hydrogen) atoms. The van der Waals surface area contributed by atoms with Crippen LogP contribution in [0.5, 0.6) is 0 Å². The van der Waals surface area contributed by atoms with Crippen molar-refractivity contribution in [2.45, 2.75) is 20.5 Å². The van der Waals surface area contributed by atoms with E-state index in [0.29, 0.717) is 21.5 Å². The molecule has 0 aliphatic heterocycles. The maximum Gasteiger partial charge on any atom is 0.350 e. The van der Waals surface area contributed by atoms with E-state index in [4.69, 9.17) is 9.15 Å². The van der Waals surface area contributed by atoms with E-state index in [0.717, 1.165) is 5.56 Å². The van der Waals surface area contributed by atoms with Gasteiger partial charge < -0.3 is 9.15 Å². The molecule has 1 aromatic carbocycles. The van der Waals surface area contributed by atoms with E-state index in [1.807, 2.05) is 0 Å². The normalized spacial score (nSPS) is 10.7. The van der Waals surface area contributed by atoms with Crippen molar-refractivity contribution in [2.75, 3.05) is 0 Å². The number of thiazole rings is 1. The topological polar surface area (TPSA) is 78.1 Å². The molecule has 3 rings (SSSR count). The number of benzene rings is 1. The maximum absolute atomic E-state index is 13.0. The fourth-order valence-electron chi connectivity index (χ4n) is 1.89. The quantitative estimate of drug-likeness (QED) is 0.682. The zero-order valence-electron chi connectivity index (χ0n) is 12.4. The van der Waals surface area contributed by atoms with Crippen LogP contribution in [0.2, 0.25) is 0 Å². The summed E-state index contributed by atoms with van der Waals surface area (Å²) in [5, 5.41) is 8.04. The number of nitrogens with zero attached hydrogens (tertiary/aromatic N) is 3. The zero-order chi connectivity index (χ0) is 16.4. The second-order valence-electron chi connectivity index (χ2n) is 4.73. The second-order valence-corrected chi connectivity index (χ2v) is 5.73. The minimum atomic E-state index is -0.510. The Bertz CT molecular complexity index is 842. The number of carbonyl (C=O) groups is 1. The molecule has 0 saturated carbocycles. The van der Waals surface area contributed by atoms with Gasteiger partial charge in [0.1, 0.15) is 15.7 Å². The monoisotopic (exact) mass is 333 g/mol. The Morgan fingerprint density at radius 1 is 1.26 bits per heavy atom. The number of aryl methyl sites for hydroxylation is 2. The number of carbonyl (C=O) groups excluding carboxylic acids is 1. The minimum Gasteiger partial charge on any atom is -0.451 e. The van der Waals surface area contributed by atoms with Crippen molar-refractivity contribution in [1.29, 1.82) is 0 Å². The van der Waals surface area contributed by atoms with Crippen LogP contribution in [0.1, 0.15) is 27.1 Å². The van der Waals surface area contributed by atoms with Gasteiger partial charge in [0, 0.05) is 12.5 Å². The molecule has 0 aliphatic rings. The number of esters is 1. The van der Waals surface area contributed by atoms with Gasteiger partial charge in [0.15, 0.2) is 6.61 Å². The van der Waals surface area contributed by atoms with Crippen LogP contribution in [0.3, 0.4) is 0 Å². The van der Waals surface area contributed by atoms with E-state index >= 15 is 0 Å². The summed E-state index contributed by atoms with van der Waals surface area (Å²) >= 11 is 1.19. The van der Waals surface area contributed by atoms with E-state index in [1.165, 1.54) is 23.5 Å². The first-order valence-electron chi connectivity index (χ1n) is 6.72. The van der Waals surface area contributed by atoms with Crippen molar-refractivity contribution in [2.24, 2.45) is 0 Å². The Balaban J connectivity index is 1.74. The molecule has 2 heterocycles. The van der Waals surface area contributed by atoms with Gasteiger partial charge in [0.25, 0.3) is 5.89 Å². The van der Waals surface area contributed by atoms with Crippen LogP contribution in [0.25, 0.3) is 10.6 Å². The van der Waals surface area contributed by atoms with Gasteiger partial charge >= 0.3 is 5.97 Å². The summed E-state index contributed by atoms with van der Waals surface area (Å²) in [5.74, 6) is -0.193. The molecule has 0 N–H and O–H groups in total. The minimum absolute atomic E-state index is 0.0944. The lowest BCUT2D eigenvalue weighted by Gasteiger charge is -1.99. The van der Waals surface area contributed by atoms with Crippen molar-refractivity contribution in [3.63, 3.8) is 0 Å². The van der Waals surface area contributed by atoms with Crippen LogP contribution < -0.4 is 0 Å². The first-order valence-corrected chi connectivity index (χ1v) is 7.54. The number of hydrogen-bond acceptors (Lipinski definition) is 7. The van der Waals surface area contributed by atoms with E-state index in [1.54, 1.807) is 26.0 Å². The summed E-state index contributed by atoms with van der Waals surface area (Å²) < 4.78 is 23.3. The molecule has 0 saturated heterocycles. The van der Waals surface area contributed by atoms with Crippen molar-refractivity contribution in [3.8, 4) is 10.6 Å². The molecule has 8 heteroatoms. The second kappa shape index (κ2) is 6.25. The average molecular weight is 333 g/mol. The molecule has 2 aromatic heterocycles. The molecule has 0 aliphatic carbocycles. The molecule has 3 aromatic rings. The third-order valence-electron chi connectivity index (χ3n) is 2.97. The highest BCUT2D eigenvalue weighted by molar-refractivity contribution is 7.17. The molecule has 118 valence electrons. The maximum atomic E-state index is 13.0. The van der Waals surface area contributed by atoms with E-state index < -0.39 is 5.97 Å². The lowest BCUT2D eigenvalue weighted by molar-refractivity contribution is 0.0441. The van der Waals surface area contributed by atoms with Gasteiger partial charge in [-0.15, -0.1) is 21.5 Å². The Labute approximate surface area is 135 Å². The van der Waals surface area contributed by atoms with Crippen LogP contribution in [-0.2, 0) is 11.3 Å². The number of ether oxygens (including phenoxy) is 1. The van der Waals surface area contributed by atoms with Crippen molar-refractivity contribution < 1.29 is 18.3 Å². The summed E-state index contributed by atoms with van der Waals surface area (Å²) in [6.45, 7) is 3.28. The molecular weight excluding hydrogens is 321 g/mol. The van der Waals surface area contributed by atoms with Crippen LogP contribution >= 0.6 is 11.3 Å². The zero-order valence-corrected chi connectivity index (χ0v) is 13.2. The SMILES string of the molecule is Cc1nnc(COC(=O)c2sc(-c3ccc(F)cc3)nc2C)o1. The Hall–Kier alpha value is -2.61. The number of hydrogen-bond donors (Lipinski definition) is 0. The number of rotatable bonds is 4. The molecule has 0 fully saturated rings. The summed E-state index contributed by atoms with van der Waals surface area (Å²) in [7, 11) is 0. The van der Waals surface area contributed by atoms with Gasteiger partial charge in [-0.1, -0.05) is 0 Å². The van der Waals surface area contributed by atoms with E-state index in [2.05, 4.69) is 15.2 Å². The van der Waals surface area contributed by atoms with Crippen LogP contribution in [-0.4, -0.2) is 21.2 Å². The van der Waals surface area contributed by atoms with Gasteiger partial charge in [0.05, 0.1) is 5.69 Å². The number of halogens is 1. The molecule has 0 amide bonds. The third-order valence-corrected chi connectivity index (χ3v) is 4.15. The molecule has 6 nitrogen and oxygen atoms in total. The van der Waals surface area contributed by atoms with E-state index in [-0.39, 0.29) is 18.3 Å². The largest absolute Gasteiger partial charge is 0.451 e. The summed E-state index contributed by atoms with van der Waals surface area (Å²) in [6, 6.07) is 5.93. The Kier molecular flexibility index (Phi) is 4.16. The Morgan fingerprint density at radius 2 is 2.00 bits per heavy atom. The average Bonchev–Trinajstić information content (AvgIpc) is 3.11. The molecule has 0 unspecified atom stereocenters. The molecule has 0 spiro atoms. The summed E-state index contributed by atoms with van der Waals surface area (Å²) in [5.41, 5.74) is 1.30. The van der Waals surface area contributed by atoms with Gasteiger partial charge in [0.2, 0.25) is 5.89 Å². The fraction of sp³-hybridized carbons (Fsp3) is 0.200. The van der Waals surface area contributed by atoms with Gasteiger partial charge in [-0.2, -0.15) is 0 Å². The first kappa shape index (κ1) is 15.3. The van der Waals surface area contributed by atoms with Crippen molar-refractivity contribution in [1.82, 2.24) is 15.2 Å². The van der Waals surface area contributed by atoms with Crippen molar-refractivity contribution >= 4 is 17.3 Å². The highest BCUT2D eigenvalue weighted by atomic mass is 32.1. The first-order chi connectivity index (χ1) is 11.0. The molecule has 0 radical (unpaired) electrons. The standard InChI is InChI=1S/C15H12FN3O3S/c1-8-13(15(20)21-7-12-19-18-9(2)22-12)23-14(17-8)10-3-5-11(16)6-4-10/h3-6H,7H2,1-2H3. The Morgan fingerprint density at radius 3 is 2.65 bits per heavy atom. The van der Waals surface area contributed by atoms with E-state index in [9.17, 15) is 9.18 Å². The third kappa shape index (κ3) is 3.42. The summed E-state index contributed by atoms with van der Waals surface area (Å²) in [4.78, 5) is 16.9. The predicted molar refractivity (Wildman–Crippen MR) is 80.4 cm³/mol. The van der Waals surface area contributed by atoms with Gasteiger partial charge in [-0.05, 0) is 31.2 Å². The number of aromatic nitrogens is 3. The fourth-order valence-corrected chi connectivity index (χ4v) is 2.86.